The Kier molecular flexibility index (Phi) is 6.33. The lowest BCUT2D eigenvalue weighted by Gasteiger charge is -2.26. The summed E-state index contributed by atoms with van der Waals surface area (Å²) >= 11 is 0. The van der Waals surface area contributed by atoms with Crippen molar-refractivity contribution in [1.82, 2.24) is 4.31 Å². The SMILES string of the molecule is O=[N+]([O-])c1cc(S(=O)(=O)N2CCCCC2)ccc1NC1CCCC1CCO. The zero-order chi connectivity index (χ0) is 19.4. The van der Waals surface area contributed by atoms with E-state index in [1.807, 2.05) is 0 Å². The maximum Gasteiger partial charge on any atom is 0.293 e. The summed E-state index contributed by atoms with van der Waals surface area (Å²) in [5, 5.41) is 24.0. The quantitative estimate of drug-likeness (QED) is 0.540. The van der Waals surface area contributed by atoms with Gasteiger partial charge in [-0.3, -0.25) is 10.1 Å². The Hall–Kier alpha value is -1.71. The molecule has 1 aromatic rings. The lowest BCUT2D eigenvalue weighted by atomic mass is 9.99. The summed E-state index contributed by atoms with van der Waals surface area (Å²) in [6.45, 7) is 1.01. The van der Waals surface area contributed by atoms with Crippen LogP contribution >= 0.6 is 0 Å². The molecular formula is C18H27N3O5S. The van der Waals surface area contributed by atoms with E-state index in [1.165, 1.54) is 22.5 Å². The molecule has 1 aliphatic carbocycles. The number of piperidine rings is 1. The second-order valence-corrected chi connectivity index (χ2v) is 9.29. The average molecular weight is 397 g/mol. The van der Waals surface area contributed by atoms with Crippen molar-refractivity contribution in [1.29, 1.82) is 0 Å². The minimum atomic E-state index is -3.71. The Morgan fingerprint density at radius 2 is 1.93 bits per heavy atom. The minimum absolute atomic E-state index is 0.0278. The van der Waals surface area contributed by atoms with Crippen LogP contribution in [0.25, 0.3) is 0 Å². The Labute approximate surface area is 159 Å². The Morgan fingerprint density at radius 3 is 2.59 bits per heavy atom. The van der Waals surface area contributed by atoms with Crippen LogP contribution in [0.2, 0.25) is 0 Å². The number of nitrogens with zero attached hydrogens (tertiary/aromatic N) is 2. The van der Waals surface area contributed by atoms with Gasteiger partial charge in [-0.05, 0) is 50.2 Å². The Bertz CT molecular complexity index is 777. The van der Waals surface area contributed by atoms with Gasteiger partial charge >= 0.3 is 0 Å². The van der Waals surface area contributed by atoms with Gasteiger partial charge in [0.05, 0.1) is 9.82 Å². The first-order chi connectivity index (χ1) is 12.9. The third kappa shape index (κ3) is 4.41. The van der Waals surface area contributed by atoms with Crippen LogP contribution in [0.1, 0.15) is 44.9 Å². The summed E-state index contributed by atoms with van der Waals surface area (Å²) in [4.78, 5) is 11.0. The number of aliphatic hydroxyl groups excluding tert-OH is 1. The Morgan fingerprint density at radius 1 is 1.19 bits per heavy atom. The minimum Gasteiger partial charge on any atom is -0.396 e. The largest absolute Gasteiger partial charge is 0.396 e. The van der Waals surface area contributed by atoms with E-state index in [0.717, 1.165) is 38.5 Å². The first-order valence-corrected chi connectivity index (χ1v) is 11.0. The van der Waals surface area contributed by atoms with Crippen molar-refractivity contribution in [3.05, 3.63) is 28.3 Å². The van der Waals surface area contributed by atoms with E-state index >= 15 is 0 Å². The normalized spacial score (nSPS) is 24.0. The highest BCUT2D eigenvalue weighted by molar-refractivity contribution is 7.89. The number of nitro groups is 1. The third-order valence-corrected chi connectivity index (χ3v) is 7.51. The molecule has 2 unspecified atom stereocenters. The molecular weight excluding hydrogens is 370 g/mol. The third-order valence-electron chi connectivity index (χ3n) is 5.62. The molecule has 8 nitrogen and oxygen atoms in total. The molecule has 0 radical (unpaired) electrons. The van der Waals surface area contributed by atoms with Crippen LogP contribution in [0.15, 0.2) is 23.1 Å². The van der Waals surface area contributed by atoms with Crippen molar-refractivity contribution >= 4 is 21.4 Å². The average Bonchev–Trinajstić information content (AvgIpc) is 3.09. The summed E-state index contributed by atoms with van der Waals surface area (Å²) in [7, 11) is -3.71. The van der Waals surface area contributed by atoms with Gasteiger partial charge in [-0.1, -0.05) is 12.8 Å². The fraction of sp³-hybridized carbons (Fsp3) is 0.667. The van der Waals surface area contributed by atoms with E-state index in [2.05, 4.69) is 5.32 Å². The first kappa shape index (κ1) is 20.0. The van der Waals surface area contributed by atoms with Crippen molar-refractivity contribution < 1.29 is 18.4 Å². The zero-order valence-corrected chi connectivity index (χ0v) is 16.2. The predicted molar refractivity (Wildman–Crippen MR) is 102 cm³/mol. The number of hydrogen-bond acceptors (Lipinski definition) is 6. The number of aliphatic hydroxyl groups is 1. The van der Waals surface area contributed by atoms with Gasteiger partial charge in [0.25, 0.3) is 5.69 Å². The van der Waals surface area contributed by atoms with Crippen LogP contribution in [0, 0.1) is 16.0 Å². The van der Waals surface area contributed by atoms with Gasteiger partial charge in [-0.25, -0.2) is 8.42 Å². The summed E-state index contributed by atoms with van der Waals surface area (Å²) in [5.74, 6) is 0.270. The first-order valence-electron chi connectivity index (χ1n) is 9.59. The molecule has 2 N–H and O–H groups in total. The number of rotatable bonds is 7. The van der Waals surface area contributed by atoms with Crippen LogP contribution in [0.3, 0.4) is 0 Å². The van der Waals surface area contributed by atoms with Crippen molar-refractivity contribution in [2.24, 2.45) is 5.92 Å². The van der Waals surface area contributed by atoms with Gasteiger partial charge in [0.2, 0.25) is 10.0 Å². The standard InChI is InChI=1S/C18H27N3O5S/c22-12-9-14-5-4-6-16(14)19-17-8-7-15(13-18(17)21(23)24)27(25,26)20-10-2-1-3-11-20/h7-8,13-14,16,19,22H,1-6,9-12H2. The molecule has 150 valence electrons. The monoisotopic (exact) mass is 397 g/mol. The van der Waals surface area contributed by atoms with E-state index in [9.17, 15) is 23.6 Å². The molecule has 2 atom stereocenters. The van der Waals surface area contributed by atoms with Gasteiger partial charge < -0.3 is 10.4 Å². The second-order valence-electron chi connectivity index (χ2n) is 7.35. The maximum absolute atomic E-state index is 12.8. The Balaban J connectivity index is 1.85. The topological polar surface area (TPSA) is 113 Å². The number of nitrogens with one attached hydrogen (secondary N) is 1. The lowest BCUT2D eigenvalue weighted by Crippen LogP contribution is -2.35. The van der Waals surface area contributed by atoms with E-state index in [4.69, 9.17) is 0 Å². The summed E-state index contributed by atoms with van der Waals surface area (Å²) < 4.78 is 27.0. The summed E-state index contributed by atoms with van der Waals surface area (Å²) in [6.07, 6.45) is 6.17. The van der Waals surface area contributed by atoms with Crippen molar-refractivity contribution in [2.45, 2.75) is 55.9 Å². The van der Waals surface area contributed by atoms with Gasteiger partial charge in [0, 0.05) is 31.8 Å². The molecule has 1 saturated carbocycles. The molecule has 3 rings (SSSR count). The van der Waals surface area contributed by atoms with E-state index in [1.54, 1.807) is 0 Å². The van der Waals surface area contributed by atoms with Crippen molar-refractivity contribution in [3.63, 3.8) is 0 Å². The summed E-state index contributed by atoms with van der Waals surface area (Å²) in [5.41, 5.74) is 0.121. The van der Waals surface area contributed by atoms with E-state index in [0.29, 0.717) is 25.2 Å². The highest BCUT2D eigenvalue weighted by Crippen LogP contribution is 2.35. The molecule has 9 heteroatoms. The molecule has 0 aromatic heterocycles. The molecule has 27 heavy (non-hydrogen) atoms. The van der Waals surface area contributed by atoms with Crippen LogP contribution in [-0.2, 0) is 10.0 Å². The number of anilines is 1. The van der Waals surface area contributed by atoms with Crippen LogP contribution in [0.5, 0.6) is 0 Å². The van der Waals surface area contributed by atoms with Crippen molar-refractivity contribution in [3.8, 4) is 0 Å². The molecule has 2 fully saturated rings. The fourth-order valence-corrected chi connectivity index (χ4v) is 5.67. The molecule has 1 aromatic carbocycles. The molecule has 1 saturated heterocycles. The van der Waals surface area contributed by atoms with Gasteiger partial charge in [-0.15, -0.1) is 0 Å². The molecule has 0 spiro atoms. The van der Waals surface area contributed by atoms with Crippen LogP contribution in [-0.4, -0.2) is 48.5 Å². The van der Waals surface area contributed by atoms with Gasteiger partial charge in [0.1, 0.15) is 5.69 Å². The van der Waals surface area contributed by atoms with Crippen LogP contribution in [0.4, 0.5) is 11.4 Å². The molecule has 0 bridgehead atoms. The zero-order valence-electron chi connectivity index (χ0n) is 15.3. The molecule has 1 heterocycles. The summed E-state index contributed by atoms with van der Waals surface area (Å²) in [6, 6.07) is 4.18. The lowest BCUT2D eigenvalue weighted by molar-refractivity contribution is -0.384. The highest BCUT2D eigenvalue weighted by Gasteiger charge is 2.31. The van der Waals surface area contributed by atoms with Gasteiger partial charge in [-0.2, -0.15) is 4.31 Å². The maximum atomic E-state index is 12.8. The molecule has 0 amide bonds. The number of sulfonamides is 1. The number of hydrogen-bond donors (Lipinski definition) is 2. The van der Waals surface area contributed by atoms with Crippen LogP contribution < -0.4 is 5.32 Å². The fourth-order valence-electron chi connectivity index (χ4n) is 4.14. The van der Waals surface area contributed by atoms with Gasteiger partial charge in [0.15, 0.2) is 0 Å². The van der Waals surface area contributed by atoms with Crippen molar-refractivity contribution in [2.75, 3.05) is 25.0 Å². The second kappa shape index (κ2) is 8.53. The van der Waals surface area contributed by atoms with E-state index < -0.39 is 14.9 Å². The number of nitro benzene ring substituents is 1. The molecule has 1 aliphatic heterocycles. The predicted octanol–water partition coefficient (Wildman–Crippen LogP) is 2.73. The van der Waals surface area contributed by atoms with E-state index in [-0.39, 0.29) is 29.1 Å². The molecule has 2 aliphatic rings. The highest BCUT2D eigenvalue weighted by atomic mass is 32.2. The number of benzene rings is 1. The smallest absolute Gasteiger partial charge is 0.293 e.